The van der Waals surface area contributed by atoms with E-state index in [2.05, 4.69) is 36.4 Å². The summed E-state index contributed by atoms with van der Waals surface area (Å²) in [6.45, 7) is 5.47. The maximum Gasteiger partial charge on any atom is 0.0670 e. The van der Waals surface area contributed by atoms with E-state index in [-0.39, 0.29) is 0 Å². The molecule has 1 fully saturated rings. The van der Waals surface area contributed by atoms with Crippen LogP contribution in [0.1, 0.15) is 20.3 Å². The molecule has 1 aliphatic heterocycles. The molecule has 1 unspecified atom stereocenters. The zero-order valence-electron chi connectivity index (χ0n) is 5.98. The predicted octanol–water partition coefficient (Wildman–Crippen LogP) is 2.24. The lowest BCUT2D eigenvalue weighted by Gasteiger charge is -2.12. The molecular weight excluding hydrogens is 227 g/mol. The molecule has 0 spiro atoms. The van der Waals surface area contributed by atoms with Gasteiger partial charge in [0.25, 0.3) is 0 Å². The van der Waals surface area contributed by atoms with Crippen LogP contribution in [0.4, 0.5) is 0 Å². The van der Waals surface area contributed by atoms with E-state index in [1.165, 1.54) is 6.42 Å². The van der Waals surface area contributed by atoms with E-state index in [1.807, 2.05) is 0 Å². The molecular formula is C7H13IO. The summed E-state index contributed by atoms with van der Waals surface area (Å²) in [5.74, 6) is 0. The van der Waals surface area contributed by atoms with Crippen LogP contribution in [-0.2, 0) is 4.74 Å². The van der Waals surface area contributed by atoms with E-state index in [9.17, 15) is 0 Å². The molecule has 1 nitrogen and oxygen atoms in total. The topological polar surface area (TPSA) is 9.23 Å². The number of halogens is 1. The molecule has 0 aromatic carbocycles. The zero-order chi connectivity index (χ0) is 6.91. The molecule has 0 radical (unpaired) electrons. The largest absolute Gasteiger partial charge is 0.377 e. The molecule has 1 saturated heterocycles. The molecule has 0 aromatic rings. The summed E-state index contributed by atoms with van der Waals surface area (Å²) in [5.41, 5.74) is 0.440. The third-order valence-corrected chi connectivity index (χ3v) is 2.64. The van der Waals surface area contributed by atoms with Gasteiger partial charge in [-0.25, -0.2) is 0 Å². The van der Waals surface area contributed by atoms with Crippen LogP contribution >= 0.6 is 22.6 Å². The molecule has 1 heterocycles. The van der Waals surface area contributed by atoms with Crippen molar-refractivity contribution in [3.05, 3.63) is 0 Å². The molecule has 0 saturated carbocycles. The number of hydrogen-bond donors (Lipinski definition) is 0. The maximum atomic E-state index is 5.51. The summed E-state index contributed by atoms with van der Waals surface area (Å²) < 4.78 is 6.65. The van der Waals surface area contributed by atoms with E-state index in [0.717, 1.165) is 11.0 Å². The Balaban J connectivity index is 2.38. The van der Waals surface area contributed by atoms with Crippen molar-refractivity contribution >= 4 is 22.6 Å². The third-order valence-electron chi connectivity index (χ3n) is 1.66. The molecule has 2 heteroatoms. The fourth-order valence-electron chi connectivity index (χ4n) is 1.18. The fraction of sp³-hybridized carbons (Fsp3) is 1.00. The Morgan fingerprint density at radius 2 is 2.33 bits per heavy atom. The smallest absolute Gasteiger partial charge is 0.0670 e. The predicted molar refractivity (Wildman–Crippen MR) is 47.0 cm³/mol. The standard InChI is InChI=1S/C7H13IO/c1-7(2)3-6(4-8)9-5-7/h6H,3-5H2,1-2H3. The van der Waals surface area contributed by atoms with Crippen LogP contribution in [0.3, 0.4) is 0 Å². The van der Waals surface area contributed by atoms with E-state index < -0.39 is 0 Å². The molecule has 54 valence electrons. The number of rotatable bonds is 1. The van der Waals surface area contributed by atoms with E-state index in [4.69, 9.17) is 4.74 Å². The van der Waals surface area contributed by atoms with Gasteiger partial charge in [0.15, 0.2) is 0 Å². The van der Waals surface area contributed by atoms with E-state index in [0.29, 0.717) is 11.5 Å². The first-order valence-corrected chi connectivity index (χ1v) is 4.84. The van der Waals surface area contributed by atoms with Crippen LogP contribution in [0, 0.1) is 5.41 Å². The second kappa shape index (κ2) is 2.74. The number of hydrogen-bond acceptors (Lipinski definition) is 1. The lowest BCUT2D eigenvalue weighted by Crippen LogP contribution is -2.10. The van der Waals surface area contributed by atoms with Gasteiger partial charge in [0.1, 0.15) is 0 Å². The van der Waals surface area contributed by atoms with E-state index >= 15 is 0 Å². The van der Waals surface area contributed by atoms with Crippen molar-refractivity contribution in [3.8, 4) is 0 Å². The first-order chi connectivity index (χ1) is 4.14. The van der Waals surface area contributed by atoms with Crippen molar-refractivity contribution in [2.45, 2.75) is 26.4 Å². The van der Waals surface area contributed by atoms with Crippen molar-refractivity contribution in [2.24, 2.45) is 5.41 Å². The van der Waals surface area contributed by atoms with Crippen LogP contribution in [0.2, 0.25) is 0 Å². The molecule has 1 atom stereocenters. The minimum absolute atomic E-state index is 0.440. The SMILES string of the molecule is CC1(C)COC(CI)C1. The Bertz CT molecular complexity index is 101. The van der Waals surface area contributed by atoms with Crippen LogP contribution in [0.5, 0.6) is 0 Å². The highest BCUT2D eigenvalue weighted by Gasteiger charge is 2.30. The Kier molecular flexibility index (Phi) is 2.37. The fourth-order valence-corrected chi connectivity index (χ4v) is 1.74. The van der Waals surface area contributed by atoms with Gasteiger partial charge in [-0.2, -0.15) is 0 Å². The van der Waals surface area contributed by atoms with Gasteiger partial charge in [0.05, 0.1) is 12.7 Å². The second-order valence-corrected chi connectivity index (χ2v) is 4.34. The monoisotopic (exact) mass is 240 g/mol. The van der Waals surface area contributed by atoms with Crippen molar-refractivity contribution in [2.75, 3.05) is 11.0 Å². The third kappa shape index (κ3) is 2.08. The Morgan fingerprint density at radius 1 is 1.67 bits per heavy atom. The van der Waals surface area contributed by atoms with Crippen LogP contribution in [0.25, 0.3) is 0 Å². The lowest BCUT2D eigenvalue weighted by molar-refractivity contribution is 0.116. The van der Waals surface area contributed by atoms with Crippen molar-refractivity contribution in [3.63, 3.8) is 0 Å². The highest BCUT2D eigenvalue weighted by Crippen LogP contribution is 2.31. The van der Waals surface area contributed by atoms with Gasteiger partial charge < -0.3 is 4.74 Å². The summed E-state index contributed by atoms with van der Waals surface area (Å²) in [4.78, 5) is 0. The molecule has 1 aliphatic rings. The average molecular weight is 240 g/mol. The average Bonchev–Trinajstić information content (AvgIpc) is 2.10. The quantitative estimate of drug-likeness (QED) is 0.504. The van der Waals surface area contributed by atoms with Gasteiger partial charge in [-0.3, -0.25) is 0 Å². The molecule has 0 amide bonds. The second-order valence-electron chi connectivity index (χ2n) is 3.46. The molecule has 1 rings (SSSR count). The van der Waals surface area contributed by atoms with Gasteiger partial charge in [-0.1, -0.05) is 36.4 Å². The summed E-state index contributed by atoms with van der Waals surface area (Å²) in [6.07, 6.45) is 1.76. The summed E-state index contributed by atoms with van der Waals surface area (Å²) in [6, 6.07) is 0. The molecule has 0 bridgehead atoms. The first-order valence-electron chi connectivity index (χ1n) is 3.32. The van der Waals surface area contributed by atoms with Gasteiger partial charge >= 0.3 is 0 Å². The van der Waals surface area contributed by atoms with Crippen molar-refractivity contribution in [1.82, 2.24) is 0 Å². The highest BCUT2D eigenvalue weighted by molar-refractivity contribution is 14.1. The van der Waals surface area contributed by atoms with E-state index in [1.54, 1.807) is 0 Å². The maximum absolute atomic E-state index is 5.51. The summed E-state index contributed by atoms with van der Waals surface area (Å²) >= 11 is 2.38. The molecule has 0 aliphatic carbocycles. The van der Waals surface area contributed by atoms with Crippen molar-refractivity contribution in [1.29, 1.82) is 0 Å². The molecule has 9 heavy (non-hydrogen) atoms. The number of ether oxygens (including phenoxy) is 1. The van der Waals surface area contributed by atoms with Crippen LogP contribution < -0.4 is 0 Å². The summed E-state index contributed by atoms with van der Waals surface area (Å²) in [5, 5.41) is 0. The van der Waals surface area contributed by atoms with Crippen molar-refractivity contribution < 1.29 is 4.74 Å². The minimum atomic E-state index is 0.440. The summed E-state index contributed by atoms with van der Waals surface area (Å²) in [7, 11) is 0. The van der Waals surface area contributed by atoms with Gasteiger partial charge in [-0.05, 0) is 11.8 Å². The van der Waals surface area contributed by atoms with Crippen LogP contribution in [-0.4, -0.2) is 17.1 Å². The Labute approximate surface area is 70.3 Å². The Hall–Kier alpha value is 0.690. The van der Waals surface area contributed by atoms with Gasteiger partial charge in [-0.15, -0.1) is 0 Å². The van der Waals surface area contributed by atoms with Gasteiger partial charge in [0, 0.05) is 4.43 Å². The number of alkyl halides is 1. The lowest BCUT2D eigenvalue weighted by atomic mass is 9.91. The molecule has 0 N–H and O–H groups in total. The Morgan fingerprint density at radius 3 is 2.56 bits per heavy atom. The highest BCUT2D eigenvalue weighted by atomic mass is 127. The van der Waals surface area contributed by atoms with Gasteiger partial charge in [0.2, 0.25) is 0 Å². The molecule has 0 aromatic heterocycles. The zero-order valence-corrected chi connectivity index (χ0v) is 8.14. The van der Waals surface area contributed by atoms with Crippen LogP contribution in [0.15, 0.2) is 0 Å². The first kappa shape index (κ1) is 7.79. The minimum Gasteiger partial charge on any atom is -0.377 e. The normalized spacial score (nSPS) is 33.0.